The fraction of sp³-hybridized carbons (Fsp3) is 0.476. The van der Waals surface area contributed by atoms with Gasteiger partial charge in [-0.25, -0.2) is 9.97 Å². The van der Waals surface area contributed by atoms with E-state index in [0.29, 0.717) is 6.04 Å². The van der Waals surface area contributed by atoms with Gasteiger partial charge in [0.05, 0.1) is 0 Å². The van der Waals surface area contributed by atoms with Crippen molar-refractivity contribution in [1.29, 1.82) is 0 Å². The van der Waals surface area contributed by atoms with Crippen LogP contribution in [-0.2, 0) is 6.54 Å². The molecule has 6 heteroatoms. The van der Waals surface area contributed by atoms with E-state index >= 15 is 0 Å². The van der Waals surface area contributed by atoms with E-state index in [0.717, 1.165) is 43.1 Å². The van der Waals surface area contributed by atoms with Crippen LogP contribution in [-0.4, -0.2) is 54.0 Å². The van der Waals surface area contributed by atoms with Crippen LogP contribution in [0.2, 0.25) is 0 Å². The molecule has 1 fully saturated rings. The number of hydrogen-bond acceptors (Lipinski definition) is 5. The summed E-state index contributed by atoms with van der Waals surface area (Å²) in [6.07, 6.45) is 1.06. The summed E-state index contributed by atoms with van der Waals surface area (Å²) < 4.78 is 0. The quantitative estimate of drug-likeness (QED) is 0.880. The zero-order valence-electron chi connectivity index (χ0n) is 16.9. The van der Waals surface area contributed by atoms with E-state index in [9.17, 15) is 4.79 Å². The van der Waals surface area contributed by atoms with Crippen LogP contribution in [0.1, 0.15) is 39.4 Å². The average molecular weight is 367 g/mol. The summed E-state index contributed by atoms with van der Waals surface area (Å²) in [6.45, 7) is 8.81. The predicted molar refractivity (Wildman–Crippen MR) is 108 cm³/mol. The zero-order valence-corrected chi connectivity index (χ0v) is 16.9. The average Bonchev–Trinajstić information content (AvgIpc) is 3.11. The van der Waals surface area contributed by atoms with E-state index in [1.54, 1.807) is 14.1 Å². The Labute approximate surface area is 161 Å². The zero-order chi connectivity index (χ0) is 19.6. The van der Waals surface area contributed by atoms with Crippen molar-refractivity contribution < 1.29 is 4.79 Å². The molecule has 144 valence electrons. The highest BCUT2D eigenvalue weighted by molar-refractivity contribution is 5.90. The van der Waals surface area contributed by atoms with Crippen LogP contribution in [0.5, 0.6) is 0 Å². The lowest BCUT2D eigenvalue weighted by molar-refractivity contribution is 0.0815. The predicted octanol–water partition coefficient (Wildman–Crippen LogP) is 2.47. The molecular formula is C21H29N5O. The van der Waals surface area contributed by atoms with Crippen molar-refractivity contribution in [3.63, 3.8) is 0 Å². The Morgan fingerprint density at radius 2 is 1.96 bits per heavy atom. The smallest absolute Gasteiger partial charge is 0.291 e. The molecule has 1 amide bonds. The molecule has 1 aromatic heterocycles. The van der Waals surface area contributed by atoms with Crippen LogP contribution in [0.4, 0.5) is 5.82 Å². The van der Waals surface area contributed by atoms with E-state index in [4.69, 9.17) is 0 Å². The van der Waals surface area contributed by atoms with Gasteiger partial charge in [0.25, 0.3) is 5.91 Å². The Hall–Kier alpha value is -2.47. The molecule has 1 N–H and O–H groups in total. The van der Waals surface area contributed by atoms with E-state index in [-0.39, 0.29) is 11.7 Å². The minimum atomic E-state index is -0.159. The van der Waals surface area contributed by atoms with Crippen molar-refractivity contribution in [1.82, 2.24) is 20.2 Å². The number of nitrogens with one attached hydrogen (secondary N) is 1. The molecule has 0 unspecified atom stereocenters. The summed E-state index contributed by atoms with van der Waals surface area (Å²) in [6, 6.07) is 8.89. The SMILES string of the molecule is Cc1ccccc1CN[C@@H]1CCN(c2nc(C(=O)N(C)C)nc(C)c2C)C1. The third kappa shape index (κ3) is 4.27. The third-order valence-corrected chi connectivity index (χ3v) is 5.29. The number of aryl methyl sites for hydroxylation is 2. The van der Waals surface area contributed by atoms with Crippen molar-refractivity contribution in [2.45, 2.75) is 39.8 Å². The highest BCUT2D eigenvalue weighted by Gasteiger charge is 2.26. The molecule has 27 heavy (non-hydrogen) atoms. The fourth-order valence-electron chi connectivity index (χ4n) is 3.40. The second kappa shape index (κ2) is 8.05. The van der Waals surface area contributed by atoms with Gasteiger partial charge in [-0.15, -0.1) is 0 Å². The lowest BCUT2D eigenvalue weighted by Crippen LogP contribution is -2.33. The Morgan fingerprint density at radius 3 is 2.67 bits per heavy atom. The van der Waals surface area contributed by atoms with Gasteiger partial charge in [-0.2, -0.15) is 0 Å². The first-order chi connectivity index (χ1) is 12.9. The second-order valence-electron chi connectivity index (χ2n) is 7.52. The van der Waals surface area contributed by atoms with Gasteiger partial charge in [0, 0.05) is 51.0 Å². The minimum Gasteiger partial charge on any atom is -0.355 e. The number of carbonyl (C=O) groups is 1. The Kier molecular flexibility index (Phi) is 5.75. The second-order valence-corrected chi connectivity index (χ2v) is 7.52. The van der Waals surface area contributed by atoms with Gasteiger partial charge in [-0.1, -0.05) is 24.3 Å². The van der Waals surface area contributed by atoms with Gasteiger partial charge in [-0.3, -0.25) is 4.79 Å². The Balaban J connectivity index is 1.71. The van der Waals surface area contributed by atoms with Crippen LogP contribution < -0.4 is 10.2 Å². The highest BCUT2D eigenvalue weighted by atomic mass is 16.2. The van der Waals surface area contributed by atoms with Crippen molar-refractivity contribution in [2.24, 2.45) is 0 Å². The van der Waals surface area contributed by atoms with Crippen LogP contribution in [0.15, 0.2) is 24.3 Å². The van der Waals surface area contributed by atoms with E-state index in [1.807, 2.05) is 13.8 Å². The summed E-state index contributed by atoms with van der Waals surface area (Å²) in [5, 5.41) is 3.67. The van der Waals surface area contributed by atoms with Crippen molar-refractivity contribution in [2.75, 3.05) is 32.1 Å². The van der Waals surface area contributed by atoms with Gasteiger partial charge in [-0.05, 0) is 38.3 Å². The monoisotopic (exact) mass is 367 g/mol. The summed E-state index contributed by atoms with van der Waals surface area (Å²) in [7, 11) is 3.45. The maximum Gasteiger partial charge on any atom is 0.291 e. The van der Waals surface area contributed by atoms with Crippen molar-refractivity contribution >= 4 is 11.7 Å². The molecule has 2 aromatic rings. The maximum absolute atomic E-state index is 12.3. The lowest BCUT2D eigenvalue weighted by atomic mass is 10.1. The number of rotatable bonds is 5. The van der Waals surface area contributed by atoms with Gasteiger partial charge in [0.1, 0.15) is 5.82 Å². The number of benzene rings is 1. The summed E-state index contributed by atoms with van der Waals surface area (Å²) in [4.78, 5) is 25.1. The molecule has 0 spiro atoms. The molecule has 1 aliphatic rings. The molecule has 1 atom stereocenters. The standard InChI is InChI=1S/C21H29N5O/c1-14-8-6-7-9-17(14)12-22-18-10-11-26(13-18)20-15(2)16(3)23-19(24-20)21(27)25(4)5/h6-9,18,22H,10-13H2,1-5H3/t18-/m1/s1. The van der Waals surface area contributed by atoms with Crippen LogP contribution in [0.25, 0.3) is 0 Å². The van der Waals surface area contributed by atoms with E-state index < -0.39 is 0 Å². The van der Waals surface area contributed by atoms with Gasteiger partial charge in [0.2, 0.25) is 5.82 Å². The topological polar surface area (TPSA) is 61.4 Å². The lowest BCUT2D eigenvalue weighted by Gasteiger charge is -2.22. The molecule has 0 bridgehead atoms. The summed E-state index contributed by atoms with van der Waals surface area (Å²) in [5.41, 5.74) is 4.56. The normalized spacial score (nSPS) is 16.6. The highest BCUT2D eigenvalue weighted by Crippen LogP contribution is 2.24. The van der Waals surface area contributed by atoms with E-state index in [1.165, 1.54) is 16.0 Å². The molecule has 0 saturated carbocycles. The van der Waals surface area contributed by atoms with E-state index in [2.05, 4.69) is 51.4 Å². The number of anilines is 1. The van der Waals surface area contributed by atoms with Crippen LogP contribution in [0, 0.1) is 20.8 Å². The first-order valence-corrected chi connectivity index (χ1v) is 9.46. The summed E-state index contributed by atoms with van der Waals surface area (Å²) in [5.74, 6) is 0.995. The first-order valence-electron chi connectivity index (χ1n) is 9.46. The van der Waals surface area contributed by atoms with Crippen molar-refractivity contribution in [3.05, 3.63) is 52.5 Å². The number of amides is 1. The molecule has 0 aliphatic carbocycles. The molecule has 1 aliphatic heterocycles. The molecule has 3 rings (SSSR count). The van der Waals surface area contributed by atoms with Crippen molar-refractivity contribution in [3.8, 4) is 0 Å². The number of hydrogen-bond donors (Lipinski definition) is 1. The fourth-order valence-corrected chi connectivity index (χ4v) is 3.40. The largest absolute Gasteiger partial charge is 0.355 e. The minimum absolute atomic E-state index is 0.159. The first kappa shape index (κ1) is 19.3. The molecule has 1 saturated heterocycles. The van der Waals surface area contributed by atoms with Gasteiger partial charge in [0.15, 0.2) is 0 Å². The van der Waals surface area contributed by atoms with Gasteiger partial charge >= 0.3 is 0 Å². The molecule has 0 radical (unpaired) electrons. The molecular weight excluding hydrogens is 338 g/mol. The third-order valence-electron chi connectivity index (χ3n) is 5.29. The molecule has 1 aromatic carbocycles. The Bertz CT molecular complexity index is 833. The Morgan fingerprint density at radius 1 is 1.22 bits per heavy atom. The number of carbonyl (C=O) groups excluding carboxylic acids is 1. The maximum atomic E-state index is 12.3. The summed E-state index contributed by atoms with van der Waals surface area (Å²) >= 11 is 0. The van der Waals surface area contributed by atoms with Crippen LogP contribution >= 0.6 is 0 Å². The van der Waals surface area contributed by atoms with Crippen LogP contribution in [0.3, 0.4) is 0 Å². The number of nitrogens with zero attached hydrogens (tertiary/aromatic N) is 4. The van der Waals surface area contributed by atoms with Gasteiger partial charge < -0.3 is 15.1 Å². The molecule has 2 heterocycles. The number of aromatic nitrogens is 2. The molecule has 6 nitrogen and oxygen atoms in total.